The number of ether oxygens (including phenoxy) is 1. The molecule has 4 rings (SSSR count). The molecule has 100 valence electrons. The molecule has 0 radical (unpaired) electrons. The van der Waals surface area contributed by atoms with E-state index in [0.29, 0.717) is 11.8 Å². The lowest BCUT2D eigenvalue weighted by molar-refractivity contribution is -0.170. The third-order valence-corrected chi connectivity index (χ3v) is 5.70. The molecule has 4 nitrogen and oxygen atoms in total. The molecule has 4 saturated carbocycles. The Balaban J connectivity index is 1.78. The number of carbonyl (C=O) groups is 2. The Labute approximate surface area is 115 Å². The van der Waals surface area contributed by atoms with E-state index in [1.165, 1.54) is 19.3 Å². The maximum Gasteiger partial charge on any atom is 0.312 e. The van der Waals surface area contributed by atoms with E-state index in [-0.39, 0.29) is 22.3 Å². The van der Waals surface area contributed by atoms with Crippen LogP contribution in [-0.2, 0) is 14.3 Å². The average molecular weight is 316 g/mol. The van der Waals surface area contributed by atoms with Gasteiger partial charge >= 0.3 is 5.97 Å². The Morgan fingerprint density at radius 1 is 1.22 bits per heavy atom. The maximum absolute atomic E-state index is 12.3. The van der Waals surface area contributed by atoms with E-state index in [0.717, 1.165) is 19.3 Å². The van der Waals surface area contributed by atoms with E-state index >= 15 is 0 Å². The van der Waals surface area contributed by atoms with Crippen LogP contribution >= 0.6 is 15.9 Å². The van der Waals surface area contributed by atoms with Gasteiger partial charge in [0, 0.05) is 4.32 Å². The summed E-state index contributed by atoms with van der Waals surface area (Å²) < 4.78 is 5.23. The number of hydrogen-bond donors (Lipinski definition) is 1. The Morgan fingerprint density at radius 3 is 2.33 bits per heavy atom. The summed E-state index contributed by atoms with van der Waals surface area (Å²) in [6, 6.07) is 0. The minimum atomic E-state index is -0.582. The van der Waals surface area contributed by atoms with Crippen LogP contribution in [0.4, 0.5) is 0 Å². The lowest BCUT2D eigenvalue weighted by atomic mass is 9.49. The van der Waals surface area contributed by atoms with Crippen LogP contribution in [0.25, 0.3) is 0 Å². The summed E-state index contributed by atoms with van der Waals surface area (Å²) >= 11 is 3.84. The van der Waals surface area contributed by atoms with Gasteiger partial charge in [0.1, 0.15) is 0 Å². The van der Waals surface area contributed by atoms with E-state index in [1.807, 2.05) is 0 Å². The van der Waals surface area contributed by atoms with E-state index in [4.69, 9.17) is 10.5 Å². The van der Waals surface area contributed by atoms with Crippen molar-refractivity contribution in [2.75, 3.05) is 6.61 Å². The highest BCUT2D eigenvalue weighted by atomic mass is 79.9. The van der Waals surface area contributed by atoms with Gasteiger partial charge < -0.3 is 10.5 Å². The first-order valence-corrected chi connectivity index (χ1v) is 7.35. The van der Waals surface area contributed by atoms with Crippen molar-refractivity contribution in [1.29, 1.82) is 0 Å². The number of esters is 1. The molecule has 0 spiro atoms. The second-order valence-electron chi connectivity index (χ2n) is 6.43. The van der Waals surface area contributed by atoms with Gasteiger partial charge in [0.05, 0.1) is 5.41 Å². The number of alkyl halides is 1. The zero-order chi connectivity index (χ0) is 13.0. The number of hydrogen-bond acceptors (Lipinski definition) is 3. The van der Waals surface area contributed by atoms with Crippen molar-refractivity contribution in [1.82, 2.24) is 0 Å². The average Bonchev–Trinajstić information content (AvgIpc) is 2.22. The molecule has 4 aliphatic carbocycles. The Morgan fingerprint density at radius 2 is 1.83 bits per heavy atom. The SMILES string of the molecule is NC(=O)COC(=O)C12CC3CC(CC(Br)(C3)C1)C2. The van der Waals surface area contributed by atoms with Gasteiger partial charge in [-0.05, 0) is 50.4 Å². The minimum Gasteiger partial charge on any atom is -0.455 e. The van der Waals surface area contributed by atoms with Gasteiger partial charge in [-0.3, -0.25) is 9.59 Å². The monoisotopic (exact) mass is 315 g/mol. The van der Waals surface area contributed by atoms with Crippen molar-refractivity contribution < 1.29 is 14.3 Å². The first-order chi connectivity index (χ1) is 8.41. The molecule has 18 heavy (non-hydrogen) atoms. The lowest BCUT2D eigenvalue weighted by Gasteiger charge is -2.58. The molecule has 0 aromatic rings. The van der Waals surface area contributed by atoms with Gasteiger partial charge in [-0.15, -0.1) is 0 Å². The first kappa shape index (κ1) is 12.5. The smallest absolute Gasteiger partial charge is 0.312 e. The van der Waals surface area contributed by atoms with E-state index in [9.17, 15) is 9.59 Å². The molecule has 0 heterocycles. The summed E-state index contributed by atoms with van der Waals surface area (Å²) in [4.78, 5) is 23.0. The summed E-state index contributed by atoms with van der Waals surface area (Å²) in [6.45, 7) is -0.287. The van der Waals surface area contributed by atoms with Crippen LogP contribution in [0, 0.1) is 17.3 Å². The normalized spacial score (nSPS) is 44.9. The molecule has 5 heteroatoms. The molecule has 2 N–H and O–H groups in total. The number of primary amides is 1. The van der Waals surface area contributed by atoms with Crippen LogP contribution in [-0.4, -0.2) is 22.8 Å². The van der Waals surface area contributed by atoms with E-state index < -0.39 is 5.91 Å². The summed E-state index contributed by atoms with van der Waals surface area (Å²) in [7, 11) is 0. The summed E-state index contributed by atoms with van der Waals surface area (Å²) in [5.74, 6) is 0.472. The van der Waals surface area contributed by atoms with Gasteiger partial charge in [-0.25, -0.2) is 0 Å². The zero-order valence-corrected chi connectivity index (χ0v) is 11.9. The zero-order valence-electron chi connectivity index (χ0n) is 10.3. The van der Waals surface area contributed by atoms with Crippen molar-refractivity contribution in [3.8, 4) is 0 Å². The number of amides is 1. The Bertz CT molecular complexity index is 395. The summed E-state index contributed by atoms with van der Waals surface area (Å²) in [5.41, 5.74) is 4.67. The molecule has 0 saturated heterocycles. The molecular formula is C13H18BrNO3. The van der Waals surface area contributed by atoms with E-state index in [2.05, 4.69) is 15.9 Å². The Kier molecular flexibility index (Phi) is 2.74. The molecule has 1 amide bonds. The molecule has 0 aromatic heterocycles. The fourth-order valence-electron chi connectivity index (χ4n) is 4.68. The molecule has 4 fully saturated rings. The van der Waals surface area contributed by atoms with Crippen molar-refractivity contribution >= 4 is 27.8 Å². The quantitative estimate of drug-likeness (QED) is 0.637. The van der Waals surface area contributed by atoms with E-state index in [1.54, 1.807) is 0 Å². The van der Waals surface area contributed by atoms with Gasteiger partial charge in [-0.2, -0.15) is 0 Å². The van der Waals surface area contributed by atoms with Crippen molar-refractivity contribution in [3.05, 3.63) is 0 Å². The van der Waals surface area contributed by atoms with Crippen LogP contribution in [0.1, 0.15) is 38.5 Å². The molecule has 2 atom stereocenters. The number of rotatable bonds is 3. The maximum atomic E-state index is 12.3. The van der Waals surface area contributed by atoms with Gasteiger partial charge in [0.15, 0.2) is 6.61 Å². The standard InChI is InChI=1S/C13H18BrNO3/c14-13-4-8-1-9(5-13)3-12(2-8,7-13)11(17)18-6-10(15)16/h8-9H,1-7H2,(H2,15,16). The molecule has 2 unspecified atom stereocenters. The second kappa shape index (κ2) is 3.95. The predicted molar refractivity (Wildman–Crippen MR) is 68.9 cm³/mol. The fourth-order valence-corrected chi connectivity index (χ4v) is 6.13. The summed E-state index contributed by atoms with van der Waals surface area (Å²) in [5, 5.41) is 0. The predicted octanol–water partition coefficient (Wildman–Crippen LogP) is 1.75. The molecule has 0 aliphatic heterocycles. The van der Waals surface area contributed by atoms with Crippen molar-refractivity contribution in [3.63, 3.8) is 0 Å². The highest BCUT2D eigenvalue weighted by molar-refractivity contribution is 9.10. The number of carbonyl (C=O) groups excluding carboxylic acids is 2. The van der Waals surface area contributed by atoms with Crippen LogP contribution in [0.3, 0.4) is 0 Å². The van der Waals surface area contributed by atoms with Gasteiger partial charge in [0.2, 0.25) is 0 Å². The Hall–Kier alpha value is -0.580. The fraction of sp³-hybridized carbons (Fsp3) is 0.846. The first-order valence-electron chi connectivity index (χ1n) is 6.55. The molecular weight excluding hydrogens is 298 g/mol. The third kappa shape index (κ3) is 1.96. The van der Waals surface area contributed by atoms with Crippen LogP contribution < -0.4 is 5.73 Å². The van der Waals surface area contributed by atoms with Crippen LogP contribution in [0.5, 0.6) is 0 Å². The van der Waals surface area contributed by atoms with Crippen LogP contribution in [0.2, 0.25) is 0 Å². The minimum absolute atomic E-state index is 0.128. The van der Waals surface area contributed by atoms with Crippen LogP contribution in [0.15, 0.2) is 0 Å². The topological polar surface area (TPSA) is 69.4 Å². The molecule has 0 aromatic carbocycles. The van der Waals surface area contributed by atoms with Gasteiger partial charge in [-0.1, -0.05) is 15.9 Å². The second-order valence-corrected chi connectivity index (χ2v) is 8.12. The highest BCUT2D eigenvalue weighted by Gasteiger charge is 2.60. The van der Waals surface area contributed by atoms with Gasteiger partial charge in [0.25, 0.3) is 5.91 Å². The van der Waals surface area contributed by atoms with Crippen molar-refractivity contribution in [2.45, 2.75) is 42.8 Å². The largest absolute Gasteiger partial charge is 0.455 e. The number of halogens is 1. The third-order valence-electron chi connectivity index (χ3n) is 4.77. The molecule has 4 bridgehead atoms. The number of nitrogens with two attached hydrogens (primary N) is 1. The highest BCUT2D eigenvalue weighted by Crippen LogP contribution is 2.64. The van der Waals surface area contributed by atoms with Crippen molar-refractivity contribution in [2.24, 2.45) is 23.0 Å². The molecule has 4 aliphatic rings. The lowest BCUT2D eigenvalue weighted by Crippen LogP contribution is -2.56. The summed E-state index contributed by atoms with van der Waals surface area (Å²) in [6.07, 6.45) is 6.30.